The molecule has 0 unspecified atom stereocenters. The fourth-order valence-electron chi connectivity index (χ4n) is 5.65. The maximum atomic E-state index is 13.9. The van der Waals surface area contributed by atoms with Crippen LogP contribution in [0.3, 0.4) is 0 Å². The predicted molar refractivity (Wildman–Crippen MR) is 137 cm³/mol. The van der Waals surface area contributed by atoms with Crippen LogP contribution < -0.4 is 15.4 Å². The maximum absolute atomic E-state index is 13.9. The fourth-order valence-corrected chi connectivity index (χ4v) is 5.65. The number of pyridine rings is 1. The number of benzene rings is 2. The first kappa shape index (κ1) is 23.7. The largest absolute Gasteiger partial charge is 0.490 e. The standard InChI is InChI=1S/C29H34FN3O2/c1-19(29(34)33-23-3-2-4-25(18-23)35-24-11-14-31-15-12-24)20-5-7-21(8-6-20)26-13-16-32-28-10-9-22(30)17-27(26)28/h2-4,9-10,13,16-21,24,31H,5-8,11-12,14-15H2,1H3,(H,33,34)/t19-,20-,21+/m1/s1. The van der Waals surface area contributed by atoms with Crippen LogP contribution in [-0.4, -0.2) is 30.1 Å². The lowest BCUT2D eigenvalue weighted by molar-refractivity contribution is -0.121. The van der Waals surface area contributed by atoms with Crippen molar-refractivity contribution in [2.75, 3.05) is 18.4 Å². The van der Waals surface area contributed by atoms with Crippen molar-refractivity contribution in [2.45, 2.75) is 57.5 Å². The Labute approximate surface area is 206 Å². The molecule has 0 radical (unpaired) electrons. The SMILES string of the molecule is C[C@@H](C(=O)Nc1cccc(OC2CCNCC2)c1)[C@H]1CC[C@@H](c2ccnc3ccc(F)cc32)CC1. The molecule has 1 saturated carbocycles. The van der Waals surface area contributed by atoms with E-state index in [0.717, 1.165) is 74.0 Å². The van der Waals surface area contributed by atoms with E-state index in [2.05, 4.69) is 15.6 Å². The molecule has 1 saturated heterocycles. The van der Waals surface area contributed by atoms with Crippen molar-refractivity contribution >= 4 is 22.5 Å². The van der Waals surface area contributed by atoms with Gasteiger partial charge in [0, 0.05) is 29.3 Å². The summed E-state index contributed by atoms with van der Waals surface area (Å²) < 4.78 is 20.0. The van der Waals surface area contributed by atoms with Gasteiger partial charge in [-0.25, -0.2) is 4.39 Å². The van der Waals surface area contributed by atoms with E-state index in [1.807, 2.05) is 43.5 Å². The number of amides is 1. The molecule has 5 rings (SSSR count). The van der Waals surface area contributed by atoms with Crippen molar-refractivity contribution in [3.63, 3.8) is 0 Å². The highest BCUT2D eigenvalue weighted by Crippen LogP contribution is 2.41. The third kappa shape index (κ3) is 5.64. The number of anilines is 1. The smallest absolute Gasteiger partial charge is 0.227 e. The number of hydrogen-bond donors (Lipinski definition) is 2. The van der Waals surface area contributed by atoms with E-state index in [9.17, 15) is 9.18 Å². The van der Waals surface area contributed by atoms with Crippen LogP contribution in [0.1, 0.15) is 56.9 Å². The van der Waals surface area contributed by atoms with E-state index in [1.54, 1.807) is 12.1 Å². The number of hydrogen-bond acceptors (Lipinski definition) is 4. The topological polar surface area (TPSA) is 63.2 Å². The molecule has 2 aromatic carbocycles. The Morgan fingerprint density at radius 2 is 1.86 bits per heavy atom. The van der Waals surface area contributed by atoms with Crippen molar-refractivity contribution in [1.29, 1.82) is 0 Å². The maximum Gasteiger partial charge on any atom is 0.227 e. The summed E-state index contributed by atoms with van der Waals surface area (Å²) in [4.78, 5) is 17.5. The van der Waals surface area contributed by atoms with Crippen molar-refractivity contribution < 1.29 is 13.9 Å². The number of carbonyl (C=O) groups is 1. The van der Waals surface area contributed by atoms with Crippen LogP contribution in [0.25, 0.3) is 10.9 Å². The summed E-state index contributed by atoms with van der Waals surface area (Å²) in [5.74, 6) is 1.28. The molecule has 2 N–H and O–H groups in total. The van der Waals surface area contributed by atoms with Gasteiger partial charge in [-0.05, 0) is 105 Å². The molecule has 0 spiro atoms. The van der Waals surface area contributed by atoms with E-state index in [4.69, 9.17) is 4.74 Å². The van der Waals surface area contributed by atoms with Gasteiger partial charge in [-0.2, -0.15) is 0 Å². The van der Waals surface area contributed by atoms with Gasteiger partial charge in [0.15, 0.2) is 0 Å². The molecule has 0 bridgehead atoms. The highest BCUT2D eigenvalue weighted by molar-refractivity contribution is 5.92. The van der Waals surface area contributed by atoms with Crippen LogP contribution in [0, 0.1) is 17.7 Å². The summed E-state index contributed by atoms with van der Waals surface area (Å²) in [5, 5.41) is 7.37. The van der Waals surface area contributed by atoms with Crippen LogP contribution >= 0.6 is 0 Å². The van der Waals surface area contributed by atoms with E-state index in [-0.39, 0.29) is 23.7 Å². The monoisotopic (exact) mass is 475 g/mol. The molecule has 1 aromatic heterocycles. The molecule has 1 aliphatic carbocycles. The Bertz CT molecular complexity index is 1170. The first-order chi connectivity index (χ1) is 17.1. The average Bonchev–Trinajstić information content (AvgIpc) is 2.89. The minimum absolute atomic E-state index is 0.0592. The van der Waals surface area contributed by atoms with Crippen LogP contribution in [0.2, 0.25) is 0 Å². The molecule has 2 fully saturated rings. The number of ether oxygens (including phenoxy) is 1. The average molecular weight is 476 g/mol. The third-order valence-electron chi connectivity index (χ3n) is 7.76. The lowest BCUT2D eigenvalue weighted by Gasteiger charge is -2.32. The molecule has 2 aliphatic rings. The van der Waals surface area contributed by atoms with Gasteiger partial charge >= 0.3 is 0 Å². The number of piperidine rings is 1. The number of nitrogens with one attached hydrogen (secondary N) is 2. The van der Waals surface area contributed by atoms with E-state index in [0.29, 0.717) is 11.8 Å². The summed E-state index contributed by atoms with van der Waals surface area (Å²) in [6.45, 7) is 4.00. The molecule has 1 aliphatic heterocycles. The van der Waals surface area contributed by atoms with Gasteiger partial charge < -0.3 is 15.4 Å². The lowest BCUT2D eigenvalue weighted by atomic mass is 9.73. The van der Waals surface area contributed by atoms with Crippen molar-refractivity contribution in [3.05, 3.63) is 66.1 Å². The molecule has 184 valence electrons. The summed E-state index contributed by atoms with van der Waals surface area (Å²) in [7, 11) is 0. The molecule has 6 heteroatoms. The molecule has 35 heavy (non-hydrogen) atoms. The number of aromatic nitrogens is 1. The van der Waals surface area contributed by atoms with Crippen molar-refractivity contribution in [1.82, 2.24) is 10.3 Å². The molecule has 3 aromatic rings. The summed E-state index contributed by atoms with van der Waals surface area (Å²) >= 11 is 0. The lowest BCUT2D eigenvalue weighted by Crippen LogP contribution is -2.34. The van der Waals surface area contributed by atoms with Crippen LogP contribution in [-0.2, 0) is 4.79 Å². The third-order valence-corrected chi connectivity index (χ3v) is 7.76. The highest BCUT2D eigenvalue weighted by atomic mass is 19.1. The number of carbonyl (C=O) groups excluding carboxylic acids is 1. The van der Waals surface area contributed by atoms with Gasteiger partial charge in [0.2, 0.25) is 5.91 Å². The number of nitrogens with zero attached hydrogens (tertiary/aromatic N) is 1. The normalized spacial score (nSPS) is 22.0. The predicted octanol–water partition coefficient (Wildman–Crippen LogP) is 6.05. The van der Waals surface area contributed by atoms with Gasteiger partial charge in [0.05, 0.1) is 5.52 Å². The van der Waals surface area contributed by atoms with Gasteiger partial charge in [-0.15, -0.1) is 0 Å². The van der Waals surface area contributed by atoms with Gasteiger partial charge in [0.1, 0.15) is 17.7 Å². The molecule has 5 nitrogen and oxygen atoms in total. The second-order valence-electron chi connectivity index (χ2n) is 10.0. The molecule has 1 atom stereocenters. The fraction of sp³-hybridized carbons (Fsp3) is 0.448. The first-order valence-corrected chi connectivity index (χ1v) is 12.9. The number of halogens is 1. The van der Waals surface area contributed by atoms with E-state index >= 15 is 0 Å². The Morgan fingerprint density at radius 1 is 1.06 bits per heavy atom. The van der Waals surface area contributed by atoms with Crippen LogP contribution in [0.15, 0.2) is 54.7 Å². The number of rotatable bonds is 6. The van der Waals surface area contributed by atoms with Crippen molar-refractivity contribution in [2.24, 2.45) is 11.8 Å². The van der Waals surface area contributed by atoms with Gasteiger partial charge in [-0.3, -0.25) is 9.78 Å². The van der Waals surface area contributed by atoms with Crippen molar-refractivity contribution in [3.8, 4) is 5.75 Å². The first-order valence-electron chi connectivity index (χ1n) is 12.9. The zero-order chi connectivity index (χ0) is 24.2. The van der Waals surface area contributed by atoms with Gasteiger partial charge in [0.25, 0.3) is 0 Å². The van der Waals surface area contributed by atoms with E-state index < -0.39 is 0 Å². The Hall–Kier alpha value is -2.99. The molecular formula is C29H34FN3O2. The summed E-state index contributed by atoms with van der Waals surface area (Å²) in [5.41, 5.74) is 2.80. The second-order valence-corrected chi connectivity index (χ2v) is 10.0. The highest BCUT2D eigenvalue weighted by Gasteiger charge is 2.30. The Morgan fingerprint density at radius 3 is 2.66 bits per heavy atom. The second kappa shape index (κ2) is 10.7. The zero-order valence-corrected chi connectivity index (χ0v) is 20.3. The minimum Gasteiger partial charge on any atom is -0.490 e. The Balaban J connectivity index is 1.18. The molecular weight excluding hydrogens is 441 g/mol. The Kier molecular flexibility index (Phi) is 7.28. The molecule has 1 amide bonds. The molecule has 2 heterocycles. The number of fused-ring (bicyclic) bond motifs is 1. The minimum atomic E-state index is -0.226. The van der Waals surface area contributed by atoms with Gasteiger partial charge in [-0.1, -0.05) is 13.0 Å². The van der Waals surface area contributed by atoms with E-state index in [1.165, 1.54) is 11.6 Å². The van der Waals surface area contributed by atoms with Crippen LogP contribution in [0.4, 0.5) is 10.1 Å². The summed E-state index contributed by atoms with van der Waals surface area (Å²) in [6.07, 6.45) is 8.01. The quantitative estimate of drug-likeness (QED) is 0.455. The summed E-state index contributed by atoms with van der Waals surface area (Å²) in [6, 6.07) is 14.6. The zero-order valence-electron chi connectivity index (χ0n) is 20.3. The van der Waals surface area contributed by atoms with Crippen LogP contribution in [0.5, 0.6) is 5.75 Å².